The third kappa shape index (κ3) is 3.33. The van der Waals surface area contributed by atoms with Crippen LogP contribution >= 0.6 is 0 Å². The molecule has 1 aliphatic carbocycles. The molecule has 1 saturated carbocycles. The van der Waals surface area contributed by atoms with Crippen LogP contribution in [0.15, 0.2) is 55.0 Å². The largest absolute Gasteiger partial charge is 0.349 e. The van der Waals surface area contributed by atoms with Gasteiger partial charge in [0.25, 0.3) is 11.8 Å². The number of amides is 2. The molecule has 0 saturated heterocycles. The zero-order valence-electron chi connectivity index (χ0n) is 13.4. The first-order valence-electron chi connectivity index (χ1n) is 8.12. The van der Waals surface area contributed by atoms with Crippen LogP contribution in [-0.4, -0.2) is 27.8 Å². The van der Waals surface area contributed by atoms with Crippen molar-refractivity contribution in [1.29, 1.82) is 0 Å². The highest BCUT2D eigenvalue weighted by molar-refractivity contribution is 6.09. The average molecular weight is 332 g/mol. The summed E-state index contributed by atoms with van der Waals surface area (Å²) in [6.07, 6.45) is 6.61. The first-order valence-corrected chi connectivity index (χ1v) is 8.12. The molecule has 0 radical (unpaired) electrons. The van der Waals surface area contributed by atoms with Gasteiger partial charge >= 0.3 is 0 Å². The summed E-state index contributed by atoms with van der Waals surface area (Å²) in [6.45, 7) is 0. The summed E-state index contributed by atoms with van der Waals surface area (Å²) in [5, 5.41) is 6.68. The van der Waals surface area contributed by atoms with Gasteiger partial charge in [-0.3, -0.25) is 19.6 Å². The smallest absolute Gasteiger partial charge is 0.257 e. The molecule has 0 bridgehead atoms. The van der Waals surface area contributed by atoms with Gasteiger partial charge < -0.3 is 10.6 Å². The fraction of sp³-hybridized carbons (Fsp3) is 0.158. The number of para-hydroxylation sites is 1. The van der Waals surface area contributed by atoms with Crippen LogP contribution < -0.4 is 10.6 Å². The molecular formula is C19H16N4O2. The minimum absolute atomic E-state index is 0.198. The van der Waals surface area contributed by atoms with Crippen LogP contribution in [0, 0.1) is 0 Å². The van der Waals surface area contributed by atoms with Gasteiger partial charge in [0, 0.05) is 30.0 Å². The van der Waals surface area contributed by atoms with Crippen molar-refractivity contribution < 1.29 is 9.59 Å². The zero-order chi connectivity index (χ0) is 17.2. The van der Waals surface area contributed by atoms with Crippen LogP contribution in [-0.2, 0) is 0 Å². The van der Waals surface area contributed by atoms with E-state index in [-0.39, 0.29) is 17.9 Å². The Bertz CT molecular complexity index is 961. The molecule has 25 heavy (non-hydrogen) atoms. The van der Waals surface area contributed by atoms with E-state index in [4.69, 9.17) is 0 Å². The normalized spacial score (nSPS) is 13.4. The van der Waals surface area contributed by atoms with Gasteiger partial charge in [-0.2, -0.15) is 0 Å². The quantitative estimate of drug-likeness (QED) is 0.769. The summed E-state index contributed by atoms with van der Waals surface area (Å²) in [5.74, 6) is -0.525. The summed E-state index contributed by atoms with van der Waals surface area (Å²) in [4.78, 5) is 33.0. The monoisotopic (exact) mass is 332 g/mol. The Kier molecular flexibility index (Phi) is 3.85. The van der Waals surface area contributed by atoms with Crippen molar-refractivity contribution in [3.8, 4) is 0 Å². The second kappa shape index (κ2) is 6.32. The zero-order valence-corrected chi connectivity index (χ0v) is 13.4. The number of pyridine rings is 2. The molecule has 3 aromatic rings. The summed E-state index contributed by atoms with van der Waals surface area (Å²) in [7, 11) is 0. The van der Waals surface area contributed by atoms with Crippen molar-refractivity contribution in [3.05, 3.63) is 66.1 Å². The SMILES string of the molecule is O=C(Nc1cccc2cccnc12)c1cncc(C(=O)NC2CC2)c1. The number of fused-ring (bicyclic) bond motifs is 1. The molecule has 0 aliphatic heterocycles. The summed E-state index contributed by atoms with van der Waals surface area (Å²) in [6, 6.07) is 11.2. The molecule has 2 N–H and O–H groups in total. The molecule has 2 amide bonds. The van der Waals surface area contributed by atoms with Crippen LogP contribution in [0.5, 0.6) is 0 Å². The highest BCUT2D eigenvalue weighted by Crippen LogP contribution is 2.22. The number of carbonyl (C=O) groups is 2. The van der Waals surface area contributed by atoms with Crippen LogP contribution in [0.1, 0.15) is 33.6 Å². The van der Waals surface area contributed by atoms with E-state index in [9.17, 15) is 9.59 Å². The van der Waals surface area contributed by atoms with Crippen LogP contribution in [0.4, 0.5) is 5.69 Å². The maximum Gasteiger partial charge on any atom is 0.257 e. The Labute approximate surface area is 144 Å². The number of anilines is 1. The van der Waals surface area contributed by atoms with Gasteiger partial charge in [0.15, 0.2) is 0 Å². The minimum atomic E-state index is -0.327. The van der Waals surface area contributed by atoms with Crippen molar-refractivity contribution >= 4 is 28.4 Å². The Hall–Kier alpha value is -3.28. The Morgan fingerprint density at radius 1 is 1.00 bits per heavy atom. The first-order chi connectivity index (χ1) is 12.2. The topological polar surface area (TPSA) is 84.0 Å². The number of hydrogen-bond donors (Lipinski definition) is 2. The standard InChI is InChI=1S/C19H16N4O2/c24-18(22-15-6-7-15)13-9-14(11-20-10-13)19(25)23-16-5-1-3-12-4-2-8-21-17(12)16/h1-5,8-11,15H,6-7H2,(H,22,24)(H,23,25). The molecule has 0 spiro atoms. The van der Waals surface area contributed by atoms with Gasteiger partial charge in [-0.25, -0.2) is 0 Å². The number of hydrogen-bond acceptors (Lipinski definition) is 4. The molecule has 1 aromatic carbocycles. The van der Waals surface area contributed by atoms with Crippen molar-refractivity contribution in [2.75, 3.05) is 5.32 Å². The molecule has 4 rings (SSSR count). The van der Waals surface area contributed by atoms with Crippen molar-refractivity contribution in [1.82, 2.24) is 15.3 Å². The minimum Gasteiger partial charge on any atom is -0.349 e. The predicted octanol–water partition coefficient (Wildman–Crippen LogP) is 2.77. The number of carbonyl (C=O) groups excluding carboxylic acids is 2. The van der Waals surface area contributed by atoms with E-state index in [2.05, 4.69) is 20.6 Å². The van der Waals surface area contributed by atoms with E-state index >= 15 is 0 Å². The number of aromatic nitrogens is 2. The second-order valence-corrected chi connectivity index (χ2v) is 6.04. The van der Waals surface area contributed by atoms with Crippen molar-refractivity contribution in [2.24, 2.45) is 0 Å². The van der Waals surface area contributed by atoms with E-state index in [1.165, 1.54) is 12.4 Å². The Balaban J connectivity index is 1.57. The van der Waals surface area contributed by atoms with Crippen LogP contribution in [0.2, 0.25) is 0 Å². The Morgan fingerprint density at radius 2 is 1.76 bits per heavy atom. The molecule has 0 unspecified atom stereocenters. The van der Waals surface area contributed by atoms with E-state index in [0.29, 0.717) is 22.3 Å². The van der Waals surface area contributed by atoms with Gasteiger partial charge in [-0.15, -0.1) is 0 Å². The maximum absolute atomic E-state index is 12.6. The van der Waals surface area contributed by atoms with Crippen molar-refractivity contribution in [3.63, 3.8) is 0 Å². The lowest BCUT2D eigenvalue weighted by Crippen LogP contribution is -2.26. The fourth-order valence-electron chi connectivity index (χ4n) is 2.58. The number of nitrogens with one attached hydrogen (secondary N) is 2. The third-order valence-electron chi connectivity index (χ3n) is 4.06. The molecule has 0 atom stereocenters. The maximum atomic E-state index is 12.6. The molecule has 6 heteroatoms. The number of nitrogens with zero attached hydrogens (tertiary/aromatic N) is 2. The van der Waals surface area contributed by atoms with Crippen LogP contribution in [0.3, 0.4) is 0 Å². The number of rotatable bonds is 4. The highest BCUT2D eigenvalue weighted by Gasteiger charge is 2.24. The average Bonchev–Trinajstić information content (AvgIpc) is 3.46. The molecule has 2 heterocycles. The lowest BCUT2D eigenvalue weighted by molar-refractivity contribution is 0.0950. The third-order valence-corrected chi connectivity index (χ3v) is 4.06. The summed E-state index contributed by atoms with van der Waals surface area (Å²) in [5.41, 5.74) is 2.05. The highest BCUT2D eigenvalue weighted by atomic mass is 16.2. The van der Waals surface area contributed by atoms with Gasteiger partial charge in [-0.05, 0) is 31.0 Å². The molecule has 6 nitrogen and oxygen atoms in total. The van der Waals surface area contributed by atoms with Gasteiger partial charge in [0.2, 0.25) is 0 Å². The van der Waals surface area contributed by atoms with Crippen molar-refractivity contribution in [2.45, 2.75) is 18.9 Å². The van der Waals surface area contributed by atoms with Gasteiger partial charge in [0.05, 0.1) is 22.3 Å². The van der Waals surface area contributed by atoms with Gasteiger partial charge in [0.1, 0.15) is 0 Å². The van der Waals surface area contributed by atoms with Crippen LogP contribution in [0.25, 0.3) is 10.9 Å². The molecule has 1 fully saturated rings. The predicted molar refractivity (Wildman–Crippen MR) is 94.4 cm³/mol. The second-order valence-electron chi connectivity index (χ2n) is 6.04. The van der Waals surface area contributed by atoms with E-state index < -0.39 is 0 Å². The first kappa shape index (κ1) is 15.3. The number of benzene rings is 1. The molecule has 2 aromatic heterocycles. The summed E-state index contributed by atoms with van der Waals surface area (Å²) < 4.78 is 0. The van der Waals surface area contributed by atoms with E-state index in [1.54, 1.807) is 18.3 Å². The lowest BCUT2D eigenvalue weighted by Gasteiger charge is -2.09. The fourth-order valence-corrected chi connectivity index (χ4v) is 2.58. The molecular weight excluding hydrogens is 316 g/mol. The molecule has 124 valence electrons. The van der Waals surface area contributed by atoms with E-state index in [1.807, 2.05) is 24.3 Å². The Morgan fingerprint density at radius 3 is 2.56 bits per heavy atom. The lowest BCUT2D eigenvalue weighted by atomic mass is 10.1. The summed E-state index contributed by atoms with van der Waals surface area (Å²) >= 11 is 0. The molecule has 1 aliphatic rings. The van der Waals surface area contributed by atoms with Gasteiger partial charge in [-0.1, -0.05) is 18.2 Å². The van der Waals surface area contributed by atoms with E-state index in [0.717, 1.165) is 18.2 Å².